The van der Waals surface area contributed by atoms with Crippen molar-refractivity contribution in [3.05, 3.63) is 120 Å². The quantitative estimate of drug-likeness (QED) is 0.321. The van der Waals surface area contributed by atoms with E-state index in [-0.39, 0.29) is 12.5 Å². The van der Waals surface area contributed by atoms with Crippen molar-refractivity contribution in [3.63, 3.8) is 0 Å². The topological polar surface area (TPSA) is 62.2 Å². The number of carbonyl (C=O) groups is 1. The predicted octanol–water partition coefficient (Wildman–Crippen LogP) is 4.31. The van der Waals surface area contributed by atoms with Crippen molar-refractivity contribution in [2.45, 2.75) is 19.4 Å². The number of aliphatic hydroxyl groups is 1. The number of aromatic nitrogens is 1. The summed E-state index contributed by atoms with van der Waals surface area (Å²) in [4.78, 5) is 16.2. The van der Waals surface area contributed by atoms with E-state index in [2.05, 4.69) is 10.3 Å². The van der Waals surface area contributed by atoms with Gasteiger partial charge < -0.3 is 10.4 Å². The molecule has 0 bridgehead atoms. The first-order valence-electron chi connectivity index (χ1n) is 10.1. The summed E-state index contributed by atoms with van der Waals surface area (Å²) in [5.74, 6) is -0.125. The first kappa shape index (κ1) is 21.2. The highest BCUT2D eigenvalue weighted by Crippen LogP contribution is 2.26. The number of nitrogens with one attached hydrogen (secondary N) is 1. The Bertz CT molecular complexity index is 996. The average Bonchev–Trinajstić information content (AvgIpc) is 2.81. The second-order valence-corrected chi connectivity index (χ2v) is 6.88. The van der Waals surface area contributed by atoms with Gasteiger partial charge in [-0.3, -0.25) is 9.78 Å². The number of rotatable bonds is 9. The first-order chi connectivity index (χ1) is 14.8. The minimum Gasteiger partial charge on any atom is -0.392 e. The molecule has 0 unspecified atom stereocenters. The molecule has 0 aliphatic rings. The molecule has 152 valence electrons. The second kappa shape index (κ2) is 11.5. The molecule has 3 rings (SSSR count). The van der Waals surface area contributed by atoms with E-state index in [0.29, 0.717) is 6.54 Å². The SMILES string of the molecule is O=C(/C=C/C=C(/c1ccccc1)c1ccccc1CO)NCCCc1cccnc1. The Kier molecular flexibility index (Phi) is 8.12. The highest BCUT2D eigenvalue weighted by molar-refractivity contribution is 5.89. The zero-order chi connectivity index (χ0) is 21.0. The van der Waals surface area contributed by atoms with Crippen molar-refractivity contribution >= 4 is 11.5 Å². The molecule has 3 aromatic rings. The standard InChI is InChI=1S/C26H26N2O2/c29-20-23-13-4-5-14-25(23)24(22-11-2-1-3-12-22)15-6-16-26(30)28-18-8-10-21-9-7-17-27-19-21/h1-7,9,11-17,19,29H,8,10,18,20H2,(H,28,30)/b16-6+,24-15-. The van der Waals surface area contributed by atoms with Crippen LogP contribution in [0.25, 0.3) is 5.57 Å². The van der Waals surface area contributed by atoms with E-state index in [1.807, 2.05) is 79.0 Å². The smallest absolute Gasteiger partial charge is 0.243 e. The summed E-state index contributed by atoms with van der Waals surface area (Å²) in [5.41, 5.74) is 4.95. The lowest BCUT2D eigenvalue weighted by Gasteiger charge is -2.12. The summed E-state index contributed by atoms with van der Waals surface area (Å²) in [6.45, 7) is 0.572. The van der Waals surface area contributed by atoms with Gasteiger partial charge in [0.05, 0.1) is 6.61 Å². The van der Waals surface area contributed by atoms with Crippen LogP contribution < -0.4 is 5.32 Å². The first-order valence-corrected chi connectivity index (χ1v) is 10.1. The fourth-order valence-electron chi connectivity index (χ4n) is 3.22. The number of nitrogens with zero attached hydrogens (tertiary/aromatic N) is 1. The summed E-state index contributed by atoms with van der Waals surface area (Å²) < 4.78 is 0. The van der Waals surface area contributed by atoms with Crippen LogP contribution in [-0.4, -0.2) is 22.5 Å². The van der Waals surface area contributed by atoms with Gasteiger partial charge in [0.15, 0.2) is 0 Å². The van der Waals surface area contributed by atoms with Crippen LogP contribution >= 0.6 is 0 Å². The molecular formula is C26H26N2O2. The summed E-state index contributed by atoms with van der Waals surface area (Å²) in [6.07, 6.45) is 10.6. The van der Waals surface area contributed by atoms with E-state index in [1.165, 1.54) is 11.6 Å². The zero-order valence-electron chi connectivity index (χ0n) is 16.9. The minimum atomic E-state index is -0.125. The Hall–Kier alpha value is -3.50. The molecule has 1 aromatic heterocycles. The van der Waals surface area contributed by atoms with Crippen molar-refractivity contribution < 1.29 is 9.90 Å². The number of hydrogen-bond acceptors (Lipinski definition) is 3. The molecule has 0 saturated carbocycles. The maximum atomic E-state index is 12.2. The zero-order valence-corrected chi connectivity index (χ0v) is 16.9. The Morgan fingerprint density at radius 3 is 2.57 bits per heavy atom. The molecule has 0 saturated heterocycles. The van der Waals surface area contributed by atoms with Gasteiger partial charge in [-0.05, 0) is 46.7 Å². The molecule has 0 aliphatic carbocycles. The number of aryl methyl sites for hydroxylation is 1. The third-order valence-electron chi connectivity index (χ3n) is 4.74. The van der Waals surface area contributed by atoms with Gasteiger partial charge in [-0.15, -0.1) is 0 Å². The van der Waals surface area contributed by atoms with Gasteiger partial charge in [-0.2, -0.15) is 0 Å². The largest absolute Gasteiger partial charge is 0.392 e. The third kappa shape index (κ3) is 6.26. The Balaban J connectivity index is 1.65. The lowest BCUT2D eigenvalue weighted by Crippen LogP contribution is -2.22. The Morgan fingerprint density at radius 1 is 1.00 bits per heavy atom. The highest BCUT2D eigenvalue weighted by atomic mass is 16.3. The van der Waals surface area contributed by atoms with Crippen molar-refractivity contribution in [1.82, 2.24) is 10.3 Å². The van der Waals surface area contributed by atoms with Gasteiger partial charge in [0, 0.05) is 25.0 Å². The molecule has 0 fully saturated rings. The molecule has 0 atom stereocenters. The number of amides is 1. The van der Waals surface area contributed by atoms with Crippen LogP contribution in [0, 0.1) is 0 Å². The van der Waals surface area contributed by atoms with Gasteiger partial charge in [-0.25, -0.2) is 0 Å². The molecule has 1 amide bonds. The third-order valence-corrected chi connectivity index (χ3v) is 4.74. The summed E-state index contributed by atoms with van der Waals surface area (Å²) in [6, 6.07) is 21.7. The number of carbonyl (C=O) groups excluding carboxylic acids is 1. The van der Waals surface area contributed by atoms with Gasteiger partial charge in [0.1, 0.15) is 0 Å². The van der Waals surface area contributed by atoms with Crippen LogP contribution in [0.4, 0.5) is 0 Å². The molecule has 2 aromatic carbocycles. The number of aliphatic hydroxyl groups excluding tert-OH is 1. The molecule has 1 heterocycles. The van der Waals surface area contributed by atoms with E-state index < -0.39 is 0 Å². The molecule has 0 aliphatic heterocycles. The van der Waals surface area contributed by atoms with E-state index in [9.17, 15) is 9.90 Å². The van der Waals surface area contributed by atoms with E-state index in [0.717, 1.165) is 35.1 Å². The molecule has 4 heteroatoms. The van der Waals surface area contributed by atoms with Gasteiger partial charge in [-0.1, -0.05) is 72.8 Å². The van der Waals surface area contributed by atoms with Crippen LogP contribution in [0.5, 0.6) is 0 Å². The molecule has 4 nitrogen and oxygen atoms in total. The lowest BCUT2D eigenvalue weighted by atomic mass is 9.93. The molecule has 30 heavy (non-hydrogen) atoms. The Morgan fingerprint density at radius 2 is 1.80 bits per heavy atom. The summed E-state index contributed by atoms with van der Waals surface area (Å²) in [7, 11) is 0. The minimum absolute atomic E-state index is 0.0402. The summed E-state index contributed by atoms with van der Waals surface area (Å²) >= 11 is 0. The fraction of sp³-hybridized carbons (Fsp3) is 0.154. The fourth-order valence-corrected chi connectivity index (χ4v) is 3.22. The van der Waals surface area contributed by atoms with Crippen LogP contribution in [0.3, 0.4) is 0 Å². The number of hydrogen-bond donors (Lipinski definition) is 2. The van der Waals surface area contributed by atoms with Crippen molar-refractivity contribution in [1.29, 1.82) is 0 Å². The van der Waals surface area contributed by atoms with E-state index >= 15 is 0 Å². The van der Waals surface area contributed by atoms with E-state index in [1.54, 1.807) is 12.3 Å². The van der Waals surface area contributed by atoms with Gasteiger partial charge >= 0.3 is 0 Å². The second-order valence-electron chi connectivity index (χ2n) is 6.88. The van der Waals surface area contributed by atoms with Crippen molar-refractivity contribution in [2.24, 2.45) is 0 Å². The van der Waals surface area contributed by atoms with Crippen molar-refractivity contribution in [2.75, 3.05) is 6.54 Å². The van der Waals surface area contributed by atoms with Gasteiger partial charge in [0.2, 0.25) is 5.91 Å². The number of pyridine rings is 1. The van der Waals surface area contributed by atoms with Crippen LogP contribution in [0.1, 0.15) is 28.7 Å². The molecule has 0 radical (unpaired) electrons. The maximum absolute atomic E-state index is 12.2. The molecule has 0 spiro atoms. The number of allylic oxidation sites excluding steroid dienone is 2. The number of benzene rings is 2. The van der Waals surface area contributed by atoms with Crippen LogP contribution in [-0.2, 0) is 17.8 Å². The predicted molar refractivity (Wildman–Crippen MR) is 121 cm³/mol. The highest BCUT2D eigenvalue weighted by Gasteiger charge is 2.08. The maximum Gasteiger partial charge on any atom is 0.243 e. The lowest BCUT2D eigenvalue weighted by molar-refractivity contribution is -0.116. The van der Waals surface area contributed by atoms with Crippen LogP contribution in [0.2, 0.25) is 0 Å². The Labute approximate surface area is 177 Å². The van der Waals surface area contributed by atoms with E-state index in [4.69, 9.17) is 0 Å². The van der Waals surface area contributed by atoms with Crippen molar-refractivity contribution in [3.8, 4) is 0 Å². The average molecular weight is 399 g/mol. The monoisotopic (exact) mass is 398 g/mol. The summed E-state index contributed by atoms with van der Waals surface area (Å²) in [5, 5.41) is 12.6. The molecule has 2 N–H and O–H groups in total. The van der Waals surface area contributed by atoms with Crippen LogP contribution in [0.15, 0.2) is 97.4 Å². The van der Waals surface area contributed by atoms with Gasteiger partial charge in [0.25, 0.3) is 0 Å². The normalized spacial score (nSPS) is 11.6. The molecular weight excluding hydrogens is 372 g/mol.